The van der Waals surface area contributed by atoms with Gasteiger partial charge in [-0.25, -0.2) is 9.18 Å². The Morgan fingerprint density at radius 1 is 1.53 bits per heavy atom. The van der Waals surface area contributed by atoms with Gasteiger partial charge in [0.1, 0.15) is 5.82 Å². The Bertz CT molecular complexity index is 388. The zero-order valence-electron chi connectivity index (χ0n) is 8.20. The number of benzene rings is 1. The minimum Gasteiger partial charge on any atom is -0.462 e. The number of halogens is 1. The monoisotopic (exact) mass is 209 g/mol. The highest BCUT2D eigenvalue weighted by Crippen LogP contribution is 2.29. The maximum absolute atomic E-state index is 12.8. The first-order valence-corrected chi connectivity index (χ1v) is 4.89. The summed E-state index contributed by atoms with van der Waals surface area (Å²) in [6.07, 6.45) is 2.25. The minimum atomic E-state index is -0.520. The lowest BCUT2D eigenvalue weighted by molar-refractivity contribution is 0.0486. The average molecular weight is 209 g/mol. The van der Waals surface area contributed by atoms with Crippen molar-refractivity contribution in [2.45, 2.75) is 12.8 Å². The number of nitrogen functional groups attached to an aromatic ring is 1. The van der Waals surface area contributed by atoms with Crippen LogP contribution < -0.4 is 5.73 Å². The molecule has 0 amide bonds. The normalized spacial score (nSPS) is 15.0. The molecule has 0 heterocycles. The molecule has 2 N–H and O–H groups in total. The third-order valence-electron chi connectivity index (χ3n) is 2.38. The van der Waals surface area contributed by atoms with Crippen molar-refractivity contribution in [3.05, 3.63) is 29.6 Å². The number of ether oxygens (including phenoxy) is 1. The first-order chi connectivity index (χ1) is 7.16. The molecule has 0 radical (unpaired) electrons. The second-order valence-electron chi connectivity index (χ2n) is 3.78. The van der Waals surface area contributed by atoms with Crippen LogP contribution in [-0.4, -0.2) is 12.6 Å². The molecule has 1 fully saturated rings. The fourth-order valence-electron chi connectivity index (χ4n) is 1.23. The Morgan fingerprint density at radius 2 is 2.27 bits per heavy atom. The molecule has 1 saturated carbocycles. The van der Waals surface area contributed by atoms with Crippen molar-refractivity contribution >= 4 is 11.7 Å². The molecule has 0 aromatic heterocycles. The Labute approximate surface area is 87.0 Å². The molecule has 1 aliphatic carbocycles. The summed E-state index contributed by atoms with van der Waals surface area (Å²) in [5.74, 6) is -0.436. The predicted molar refractivity (Wildman–Crippen MR) is 53.8 cm³/mol. The number of nitrogens with two attached hydrogens (primary N) is 1. The van der Waals surface area contributed by atoms with Crippen LogP contribution in [0.15, 0.2) is 18.2 Å². The van der Waals surface area contributed by atoms with Crippen molar-refractivity contribution in [1.29, 1.82) is 0 Å². The summed E-state index contributed by atoms with van der Waals surface area (Å²) in [7, 11) is 0. The van der Waals surface area contributed by atoms with Crippen molar-refractivity contribution in [2.24, 2.45) is 5.92 Å². The molecule has 15 heavy (non-hydrogen) atoms. The molecule has 0 spiro atoms. The quantitative estimate of drug-likeness (QED) is 0.611. The van der Waals surface area contributed by atoms with Crippen molar-refractivity contribution in [1.82, 2.24) is 0 Å². The van der Waals surface area contributed by atoms with E-state index in [-0.39, 0.29) is 5.69 Å². The number of carbonyl (C=O) groups is 1. The molecule has 4 heteroatoms. The second-order valence-corrected chi connectivity index (χ2v) is 3.78. The van der Waals surface area contributed by atoms with Gasteiger partial charge >= 0.3 is 5.97 Å². The Morgan fingerprint density at radius 3 is 2.87 bits per heavy atom. The molecule has 1 aromatic rings. The summed E-state index contributed by atoms with van der Waals surface area (Å²) < 4.78 is 17.8. The van der Waals surface area contributed by atoms with E-state index in [1.165, 1.54) is 18.2 Å². The highest BCUT2D eigenvalue weighted by Gasteiger charge is 2.23. The lowest BCUT2D eigenvalue weighted by Gasteiger charge is -2.04. The number of rotatable bonds is 3. The van der Waals surface area contributed by atoms with E-state index in [1.54, 1.807) is 0 Å². The average Bonchev–Trinajstić information content (AvgIpc) is 3.02. The van der Waals surface area contributed by atoms with E-state index >= 15 is 0 Å². The molecule has 0 aliphatic heterocycles. The lowest BCUT2D eigenvalue weighted by atomic mass is 10.2. The maximum atomic E-state index is 12.8. The highest BCUT2D eigenvalue weighted by atomic mass is 19.1. The number of hydrogen-bond acceptors (Lipinski definition) is 3. The SMILES string of the molecule is Nc1cc(C(=O)OCC2CC2)ccc1F. The molecular weight excluding hydrogens is 197 g/mol. The molecule has 2 rings (SSSR count). The first kappa shape index (κ1) is 9.96. The summed E-state index contributed by atoms with van der Waals surface area (Å²) >= 11 is 0. The Hall–Kier alpha value is -1.58. The van der Waals surface area contributed by atoms with E-state index in [9.17, 15) is 9.18 Å². The van der Waals surface area contributed by atoms with Crippen LogP contribution in [0.1, 0.15) is 23.2 Å². The number of anilines is 1. The largest absolute Gasteiger partial charge is 0.462 e. The van der Waals surface area contributed by atoms with Crippen molar-refractivity contribution in [3.63, 3.8) is 0 Å². The molecule has 3 nitrogen and oxygen atoms in total. The predicted octanol–water partition coefficient (Wildman–Crippen LogP) is 1.97. The van der Waals surface area contributed by atoms with Crippen LogP contribution in [0.4, 0.5) is 10.1 Å². The summed E-state index contributed by atoms with van der Waals surface area (Å²) in [5.41, 5.74) is 5.61. The summed E-state index contributed by atoms with van der Waals surface area (Å²) in [6, 6.07) is 3.84. The second kappa shape index (κ2) is 3.88. The summed E-state index contributed by atoms with van der Waals surface area (Å²) in [6.45, 7) is 0.454. The summed E-state index contributed by atoms with van der Waals surface area (Å²) in [5, 5.41) is 0. The fraction of sp³-hybridized carbons (Fsp3) is 0.364. The zero-order valence-corrected chi connectivity index (χ0v) is 8.20. The van der Waals surface area contributed by atoms with Gasteiger partial charge in [-0.3, -0.25) is 0 Å². The van der Waals surface area contributed by atoms with Gasteiger partial charge in [-0.05, 0) is 37.0 Å². The topological polar surface area (TPSA) is 52.3 Å². The van der Waals surface area contributed by atoms with Crippen LogP contribution in [0.2, 0.25) is 0 Å². The van der Waals surface area contributed by atoms with E-state index < -0.39 is 11.8 Å². The molecule has 80 valence electrons. The van der Waals surface area contributed by atoms with Gasteiger partial charge in [-0.2, -0.15) is 0 Å². The van der Waals surface area contributed by atoms with Gasteiger partial charge in [0.05, 0.1) is 17.9 Å². The smallest absolute Gasteiger partial charge is 0.338 e. The third-order valence-corrected chi connectivity index (χ3v) is 2.38. The molecule has 1 aromatic carbocycles. The molecule has 0 atom stereocenters. The lowest BCUT2D eigenvalue weighted by Crippen LogP contribution is -2.08. The van der Waals surface area contributed by atoms with Crippen molar-refractivity contribution < 1.29 is 13.9 Å². The minimum absolute atomic E-state index is 0.0316. The van der Waals surface area contributed by atoms with Crippen LogP contribution >= 0.6 is 0 Å². The van der Waals surface area contributed by atoms with Gasteiger partial charge in [0.2, 0.25) is 0 Å². The zero-order chi connectivity index (χ0) is 10.8. The van der Waals surface area contributed by atoms with Crippen LogP contribution in [0.5, 0.6) is 0 Å². The van der Waals surface area contributed by atoms with E-state index in [0.29, 0.717) is 18.1 Å². The van der Waals surface area contributed by atoms with Crippen LogP contribution in [0.3, 0.4) is 0 Å². The van der Waals surface area contributed by atoms with Crippen LogP contribution in [0, 0.1) is 11.7 Å². The number of hydrogen-bond donors (Lipinski definition) is 1. The van der Waals surface area contributed by atoms with Gasteiger partial charge < -0.3 is 10.5 Å². The Balaban J connectivity index is 2.00. The van der Waals surface area contributed by atoms with E-state index in [0.717, 1.165) is 12.8 Å². The third kappa shape index (κ3) is 2.46. The van der Waals surface area contributed by atoms with E-state index in [1.807, 2.05) is 0 Å². The fourth-order valence-corrected chi connectivity index (χ4v) is 1.23. The summed E-state index contributed by atoms with van der Waals surface area (Å²) in [4.78, 5) is 11.4. The van der Waals surface area contributed by atoms with Gasteiger partial charge in [-0.1, -0.05) is 0 Å². The first-order valence-electron chi connectivity index (χ1n) is 4.89. The van der Waals surface area contributed by atoms with E-state index in [2.05, 4.69) is 0 Å². The standard InChI is InChI=1S/C11H12FNO2/c12-9-4-3-8(5-10(9)13)11(14)15-6-7-1-2-7/h3-5,7H,1-2,6,13H2. The molecule has 0 unspecified atom stereocenters. The van der Waals surface area contributed by atoms with Gasteiger partial charge in [0, 0.05) is 0 Å². The molecular formula is C11H12FNO2. The molecule has 1 aliphatic rings. The maximum Gasteiger partial charge on any atom is 0.338 e. The van der Waals surface area contributed by atoms with Crippen molar-refractivity contribution in [2.75, 3.05) is 12.3 Å². The van der Waals surface area contributed by atoms with Gasteiger partial charge in [0.15, 0.2) is 0 Å². The van der Waals surface area contributed by atoms with Gasteiger partial charge in [0.25, 0.3) is 0 Å². The number of carbonyl (C=O) groups excluding carboxylic acids is 1. The number of esters is 1. The van der Waals surface area contributed by atoms with Gasteiger partial charge in [-0.15, -0.1) is 0 Å². The highest BCUT2D eigenvalue weighted by molar-refractivity contribution is 5.90. The van der Waals surface area contributed by atoms with Crippen LogP contribution in [0.25, 0.3) is 0 Å². The molecule has 0 bridgehead atoms. The Kier molecular flexibility index (Phi) is 2.58. The van der Waals surface area contributed by atoms with Crippen LogP contribution in [-0.2, 0) is 4.74 Å². The molecule has 0 saturated heterocycles. The van der Waals surface area contributed by atoms with E-state index in [4.69, 9.17) is 10.5 Å². The van der Waals surface area contributed by atoms with Crippen molar-refractivity contribution in [3.8, 4) is 0 Å².